The summed E-state index contributed by atoms with van der Waals surface area (Å²) < 4.78 is 0. The highest BCUT2D eigenvalue weighted by molar-refractivity contribution is 6.30. The van der Waals surface area contributed by atoms with Crippen LogP contribution >= 0.6 is 11.6 Å². The van der Waals surface area contributed by atoms with Crippen LogP contribution in [0, 0.1) is 10.8 Å². The zero-order chi connectivity index (χ0) is 13.7. The molecule has 0 saturated heterocycles. The molecule has 0 aromatic heterocycles. The minimum Gasteiger partial charge on any atom is -0.309 e. The average Bonchev–Trinajstić information content (AvgIpc) is 3.08. The Morgan fingerprint density at radius 2 is 2.05 bits per heavy atom. The lowest BCUT2D eigenvalue weighted by atomic mass is 9.85. The number of hydrogen-bond donors (Lipinski definition) is 1. The quantitative estimate of drug-likeness (QED) is 0.838. The molecule has 1 unspecified atom stereocenters. The Hall–Kier alpha value is -0.530. The summed E-state index contributed by atoms with van der Waals surface area (Å²) in [4.78, 5) is 0. The van der Waals surface area contributed by atoms with Crippen molar-refractivity contribution in [1.29, 1.82) is 0 Å². The summed E-state index contributed by atoms with van der Waals surface area (Å²) in [7, 11) is 0. The third-order valence-electron chi connectivity index (χ3n) is 5.23. The van der Waals surface area contributed by atoms with Gasteiger partial charge in [0.25, 0.3) is 0 Å². The van der Waals surface area contributed by atoms with E-state index in [1.807, 2.05) is 6.07 Å². The SMILES string of the molecule is CCC1(CNC2c3cc(Cl)ccc3CC2(C)C)CC1. The lowest BCUT2D eigenvalue weighted by Crippen LogP contribution is -2.35. The zero-order valence-electron chi connectivity index (χ0n) is 12.2. The Balaban J connectivity index is 1.81. The molecule has 0 radical (unpaired) electrons. The van der Waals surface area contributed by atoms with Gasteiger partial charge in [0.1, 0.15) is 0 Å². The fourth-order valence-corrected chi connectivity index (χ4v) is 3.73. The second kappa shape index (κ2) is 4.49. The van der Waals surface area contributed by atoms with Gasteiger partial charge in [-0.15, -0.1) is 0 Å². The van der Waals surface area contributed by atoms with Crippen molar-refractivity contribution in [3.8, 4) is 0 Å². The van der Waals surface area contributed by atoms with E-state index in [9.17, 15) is 0 Å². The number of hydrogen-bond acceptors (Lipinski definition) is 1. The molecule has 0 aliphatic heterocycles. The lowest BCUT2D eigenvalue weighted by molar-refractivity contribution is 0.252. The second-order valence-corrected chi connectivity index (χ2v) is 7.61. The first kappa shape index (κ1) is 13.5. The largest absolute Gasteiger partial charge is 0.309 e. The smallest absolute Gasteiger partial charge is 0.0409 e. The van der Waals surface area contributed by atoms with E-state index in [0.717, 1.165) is 18.0 Å². The molecule has 0 bridgehead atoms. The molecule has 0 heterocycles. The minimum atomic E-state index is 0.289. The predicted molar refractivity (Wildman–Crippen MR) is 81.6 cm³/mol. The van der Waals surface area contributed by atoms with Crippen molar-refractivity contribution < 1.29 is 0 Å². The molecule has 1 saturated carbocycles. The predicted octanol–water partition coefficient (Wildman–Crippen LogP) is 4.74. The molecule has 1 atom stereocenters. The summed E-state index contributed by atoms with van der Waals surface area (Å²) in [5, 5.41) is 4.71. The first-order valence-electron chi connectivity index (χ1n) is 7.48. The highest BCUT2D eigenvalue weighted by Gasteiger charge is 2.44. The van der Waals surface area contributed by atoms with Crippen LogP contribution in [0.5, 0.6) is 0 Å². The van der Waals surface area contributed by atoms with Gasteiger partial charge in [0.2, 0.25) is 0 Å². The fraction of sp³-hybridized carbons (Fsp3) is 0.647. The summed E-state index contributed by atoms with van der Waals surface area (Å²) >= 11 is 6.18. The van der Waals surface area contributed by atoms with E-state index < -0.39 is 0 Å². The van der Waals surface area contributed by atoms with Crippen molar-refractivity contribution in [2.45, 2.75) is 52.5 Å². The van der Waals surface area contributed by atoms with Gasteiger partial charge in [-0.2, -0.15) is 0 Å². The van der Waals surface area contributed by atoms with Gasteiger partial charge in [-0.25, -0.2) is 0 Å². The summed E-state index contributed by atoms with van der Waals surface area (Å²) in [6, 6.07) is 6.83. The van der Waals surface area contributed by atoms with Crippen molar-refractivity contribution in [2.75, 3.05) is 6.54 Å². The van der Waals surface area contributed by atoms with Crippen LogP contribution < -0.4 is 5.32 Å². The molecule has 3 rings (SSSR count). The molecule has 1 aromatic rings. The van der Waals surface area contributed by atoms with E-state index in [4.69, 9.17) is 11.6 Å². The van der Waals surface area contributed by atoms with E-state index in [1.165, 1.54) is 30.4 Å². The van der Waals surface area contributed by atoms with Crippen LogP contribution in [0.15, 0.2) is 18.2 Å². The summed E-state index contributed by atoms with van der Waals surface area (Å²) in [5.41, 5.74) is 3.77. The molecular weight excluding hydrogens is 254 g/mol. The van der Waals surface area contributed by atoms with Crippen LogP contribution in [-0.4, -0.2) is 6.54 Å². The molecule has 1 nitrogen and oxygen atoms in total. The van der Waals surface area contributed by atoms with Crippen LogP contribution in [0.3, 0.4) is 0 Å². The number of rotatable bonds is 4. The van der Waals surface area contributed by atoms with Gasteiger partial charge in [0, 0.05) is 17.6 Å². The lowest BCUT2D eigenvalue weighted by Gasteiger charge is -2.30. The molecule has 2 heteroatoms. The van der Waals surface area contributed by atoms with E-state index >= 15 is 0 Å². The van der Waals surface area contributed by atoms with Crippen LogP contribution in [-0.2, 0) is 6.42 Å². The molecule has 104 valence electrons. The highest BCUT2D eigenvalue weighted by atomic mass is 35.5. The summed E-state index contributed by atoms with van der Waals surface area (Å²) in [5.74, 6) is 0. The van der Waals surface area contributed by atoms with Gasteiger partial charge in [-0.3, -0.25) is 0 Å². The van der Waals surface area contributed by atoms with E-state index in [0.29, 0.717) is 11.5 Å². The second-order valence-electron chi connectivity index (χ2n) is 7.18. The van der Waals surface area contributed by atoms with Crippen LogP contribution in [0.1, 0.15) is 57.2 Å². The first-order chi connectivity index (χ1) is 8.96. The Labute approximate surface area is 121 Å². The standard InChI is InChI=1S/C17H24ClN/c1-4-17(7-8-17)11-19-15-14-9-13(18)6-5-12(14)10-16(15,2)3/h5-6,9,15,19H,4,7-8,10-11H2,1-3H3. The van der Waals surface area contributed by atoms with Crippen LogP contribution in [0.2, 0.25) is 5.02 Å². The Kier molecular flexibility index (Phi) is 3.18. The topological polar surface area (TPSA) is 12.0 Å². The van der Waals surface area contributed by atoms with Crippen molar-refractivity contribution in [2.24, 2.45) is 10.8 Å². The van der Waals surface area contributed by atoms with Gasteiger partial charge < -0.3 is 5.32 Å². The van der Waals surface area contributed by atoms with E-state index in [2.05, 4.69) is 38.2 Å². The maximum Gasteiger partial charge on any atom is 0.0409 e. The molecule has 2 aliphatic carbocycles. The molecule has 19 heavy (non-hydrogen) atoms. The molecule has 0 spiro atoms. The number of halogens is 1. The Morgan fingerprint density at radius 1 is 1.32 bits per heavy atom. The summed E-state index contributed by atoms with van der Waals surface area (Å²) in [6.45, 7) is 8.21. The Morgan fingerprint density at radius 3 is 2.68 bits per heavy atom. The first-order valence-corrected chi connectivity index (χ1v) is 7.85. The van der Waals surface area contributed by atoms with Crippen molar-refractivity contribution in [1.82, 2.24) is 5.32 Å². The molecule has 1 fully saturated rings. The van der Waals surface area contributed by atoms with E-state index in [1.54, 1.807) is 0 Å². The zero-order valence-corrected chi connectivity index (χ0v) is 13.0. The van der Waals surface area contributed by atoms with Crippen molar-refractivity contribution in [3.05, 3.63) is 34.3 Å². The van der Waals surface area contributed by atoms with Gasteiger partial charge in [0.15, 0.2) is 0 Å². The van der Waals surface area contributed by atoms with Gasteiger partial charge >= 0.3 is 0 Å². The highest BCUT2D eigenvalue weighted by Crippen LogP contribution is 2.50. The molecule has 1 N–H and O–H groups in total. The van der Waals surface area contributed by atoms with Gasteiger partial charge in [0.05, 0.1) is 0 Å². The third kappa shape index (κ3) is 2.43. The van der Waals surface area contributed by atoms with Crippen LogP contribution in [0.25, 0.3) is 0 Å². The maximum absolute atomic E-state index is 6.18. The van der Waals surface area contributed by atoms with Crippen molar-refractivity contribution >= 4 is 11.6 Å². The van der Waals surface area contributed by atoms with Crippen molar-refractivity contribution in [3.63, 3.8) is 0 Å². The Bertz CT molecular complexity index is 488. The normalized spacial score (nSPS) is 26.2. The molecule has 1 aromatic carbocycles. The fourth-order valence-electron chi connectivity index (χ4n) is 3.55. The summed E-state index contributed by atoms with van der Waals surface area (Å²) in [6.07, 6.45) is 5.24. The third-order valence-corrected chi connectivity index (χ3v) is 5.47. The number of benzene rings is 1. The minimum absolute atomic E-state index is 0.289. The monoisotopic (exact) mass is 277 g/mol. The van der Waals surface area contributed by atoms with Crippen LogP contribution in [0.4, 0.5) is 0 Å². The molecular formula is C17H24ClN. The van der Waals surface area contributed by atoms with Gasteiger partial charge in [-0.1, -0.05) is 38.4 Å². The molecule has 2 aliphatic rings. The number of nitrogens with one attached hydrogen (secondary N) is 1. The van der Waals surface area contributed by atoms with Gasteiger partial charge in [-0.05, 0) is 59.8 Å². The molecule has 0 amide bonds. The maximum atomic E-state index is 6.18. The average molecular weight is 278 g/mol. The van der Waals surface area contributed by atoms with E-state index in [-0.39, 0.29) is 5.41 Å². The number of fused-ring (bicyclic) bond motifs is 1.